The Kier molecular flexibility index (Phi) is 3.46. The van der Waals surface area contributed by atoms with Crippen LogP contribution < -0.4 is 11.1 Å². The largest absolute Gasteiger partial charge is 0.395 e. The standard InChI is InChI=1S/C12H14FN5O/c1-3-8-10(14)11(18(2)17-8)12(19)16-9-4-5-15-6-7(9)13/h4-6H,3,14H2,1-2H3,(H,15,16,19). The van der Waals surface area contributed by atoms with Crippen molar-refractivity contribution in [2.45, 2.75) is 13.3 Å². The highest BCUT2D eigenvalue weighted by Crippen LogP contribution is 2.19. The van der Waals surface area contributed by atoms with Crippen LogP contribution in [0.25, 0.3) is 0 Å². The summed E-state index contributed by atoms with van der Waals surface area (Å²) in [5.41, 5.74) is 7.09. The fraction of sp³-hybridized carbons (Fsp3) is 0.250. The molecule has 7 heteroatoms. The molecule has 0 fully saturated rings. The zero-order valence-corrected chi connectivity index (χ0v) is 10.6. The molecule has 0 aliphatic carbocycles. The monoisotopic (exact) mass is 263 g/mol. The Bertz CT molecular complexity index is 623. The average molecular weight is 263 g/mol. The van der Waals surface area contributed by atoms with Gasteiger partial charge < -0.3 is 11.1 Å². The van der Waals surface area contributed by atoms with Crippen molar-refractivity contribution in [2.75, 3.05) is 11.1 Å². The molecule has 2 heterocycles. The van der Waals surface area contributed by atoms with Gasteiger partial charge in [-0.1, -0.05) is 6.92 Å². The number of nitrogen functional groups attached to an aromatic ring is 1. The molecule has 2 aromatic rings. The highest BCUT2D eigenvalue weighted by atomic mass is 19.1. The molecular formula is C12H14FN5O. The summed E-state index contributed by atoms with van der Waals surface area (Å²) in [7, 11) is 1.62. The first-order valence-corrected chi connectivity index (χ1v) is 5.76. The average Bonchev–Trinajstić information content (AvgIpc) is 2.67. The van der Waals surface area contributed by atoms with E-state index in [4.69, 9.17) is 5.73 Å². The number of anilines is 2. The third-order valence-electron chi connectivity index (χ3n) is 2.73. The zero-order valence-electron chi connectivity index (χ0n) is 10.6. The van der Waals surface area contributed by atoms with Crippen molar-refractivity contribution in [3.05, 3.63) is 35.7 Å². The molecule has 3 N–H and O–H groups in total. The maximum Gasteiger partial charge on any atom is 0.276 e. The Hall–Kier alpha value is -2.44. The van der Waals surface area contributed by atoms with Crippen LogP contribution in [-0.4, -0.2) is 20.7 Å². The van der Waals surface area contributed by atoms with Gasteiger partial charge in [0.15, 0.2) is 5.82 Å². The maximum absolute atomic E-state index is 13.4. The molecule has 0 unspecified atom stereocenters. The molecule has 0 aliphatic heterocycles. The topological polar surface area (TPSA) is 85.8 Å². The third kappa shape index (κ3) is 2.40. The molecule has 0 bridgehead atoms. The van der Waals surface area contributed by atoms with Gasteiger partial charge in [0.25, 0.3) is 5.91 Å². The molecular weight excluding hydrogens is 249 g/mol. The van der Waals surface area contributed by atoms with Gasteiger partial charge in [-0.25, -0.2) is 4.39 Å². The Morgan fingerprint density at radius 2 is 2.32 bits per heavy atom. The summed E-state index contributed by atoms with van der Waals surface area (Å²) in [6, 6.07) is 1.38. The van der Waals surface area contributed by atoms with Gasteiger partial charge in [0, 0.05) is 13.2 Å². The summed E-state index contributed by atoms with van der Waals surface area (Å²) in [6.07, 6.45) is 3.04. The summed E-state index contributed by atoms with van der Waals surface area (Å²) < 4.78 is 14.8. The minimum absolute atomic E-state index is 0.0543. The number of aromatic nitrogens is 3. The van der Waals surface area contributed by atoms with E-state index in [0.717, 1.165) is 6.20 Å². The Balaban J connectivity index is 2.31. The van der Waals surface area contributed by atoms with E-state index >= 15 is 0 Å². The van der Waals surface area contributed by atoms with Crippen LogP contribution in [0.3, 0.4) is 0 Å². The van der Waals surface area contributed by atoms with Gasteiger partial charge in [-0.3, -0.25) is 14.5 Å². The fourth-order valence-electron chi connectivity index (χ4n) is 1.78. The minimum Gasteiger partial charge on any atom is -0.395 e. The van der Waals surface area contributed by atoms with Crippen molar-refractivity contribution in [1.82, 2.24) is 14.8 Å². The van der Waals surface area contributed by atoms with E-state index in [0.29, 0.717) is 17.8 Å². The minimum atomic E-state index is -0.604. The smallest absolute Gasteiger partial charge is 0.276 e. The number of pyridine rings is 1. The number of carbonyl (C=O) groups is 1. The normalized spacial score (nSPS) is 10.5. The van der Waals surface area contributed by atoms with Gasteiger partial charge in [-0.2, -0.15) is 5.10 Å². The Morgan fingerprint density at radius 3 is 2.89 bits per heavy atom. The van der Waals surface area contributed by atoms with Crippen LogP contribution >= 0.6 is 0 Å². The van der Waals surface area contributed by atoms with Crippen molar-refractivity contribution in [3.8, 4) is 0 Å². The Morgan fingerprint density at radius 1 is 1.58 bits per heavy atom. The van der Waals surface area contributed by atoms with Crippen LogP contribution in [0.2, 0.25) is 0 Å². The number of aryl methyl sites for hydroxylation is 2. The van der Waals surface area contributed by atoms with Gasteiger partial charge in [-0.05, 0) is 12.5 Å². The molecule has 1 amide bonds. The lowest BCUT2D eigenvalue weighted by atomic mass is 10.2. The van der Waals surface area contributed by atoms with Crippen LogP contribution in [0.15, 0.2) is 18.5 Å². The number of hydrogen-bond donors (Lipinski definition) is 2. The van der Waals surface area contributed by atoms with E-state index in [9.17, 15) is 9.18 Å². The molecule has 0 spiro atoms. The number of nitrogens with zero attached hydrogens (tertiary/aromatic N) is 3. The fourth-order valence-corrected chi connectivity index (χ4v) is 1.78. The molecule has 0 aliphatic rings. The van der Waals surface area contributed by atoms with Crippen molar-refractivity contribution in [1.29, 1.82) is 0 Å². The number of nitrogens with one attached hydrogen (secondary N) is 1. The van der Waals surface area contributed by atoms with E-state index in [-0.39, 0.29) is 11.4 Å². The van der Waals surface area contributed by atoms with Crippen molar-refractivity contribution < 1.29 is 9.18 Å². The first kappa shape index (κ1) is 13.0. The SMILES string of the molecule is CCc1nn(C)c(C(=O)Nc2ccncc2F)c1N. The quantitative estimate of drug-likeness (QED) is 0.875. The van der Waals surface area contributed by atoms with Crippen LogP contribution in [0.1, 0.15) is 23.1 Å². The van der Waals surface area contributed by atoms with Gasteiger partial charge in [0.05, 0.1) is 23.3 Å². The third-order valence-corrected chi connectivity index (χ3v) is 2.73. The molecule has 6 nitrogen and oxygen atoms in total. The second kappa shape index (κ2) is 5.05. The van der Waals surface area contributed by atoms with E-state index in [1.807, 2.05) is 6.92 Å². The van der Waals surface area contributed by atoms with Gasteiger partial charge in [0.1, 0.15) is 5.69 Å². The Labute approximate surface area is 109 Å². The van der Waals surface area contributed by atoms with Gasteiger partial charge in [0.2, 0.25) is 0 Å². The number of hydrogen-bond acceptors (Lipinski definition) is 4. The number of carbonyl (C=O) groups excluding carboxylic acids is 1. The molecule has 0 radical (unpaired) electrons. The molecule has 0 saturated heterocycles. The molecule has 2 rings (SSSR count). The summed E-state index contributed by atoms with van der Waals surface area (Å²) in [4.78, 5) is 15.7. The number of halogens is 1. The summed E-state index contributed by atoms with van der Waals surface area (Å²) >= 11 is 0. The van der Waals surface area contributed by atoms with E-state index in [2.05, 4.69) is 15.4 Å². The molecule has 19 heavy (non-hydrogen) atoms. The number of amides is 1. The molecule has 2 aromatic heterocycles. The lowest BCUT2D eigenvalue weighted by Crippen LogP contribution is -2.18. The summed E-state index contributed by atoms with van der Waals surface area (Å²) in [6.45, 7) is 1.89. The van der Waals surface area contributed by atoms with Crippen LogP contribution in [-0.2, 0) is 13.5 Å². The predicted octanol–water partition coefficient (Wildman–Crippen LogP) is 1.35. The number of rotatable bonds is 3. The van der Waals surface area contributed by atoms with E-state index in [1.165, 1.54) is 16.9 Å². The van der Waals surface area contributed by atoms with Crippen molar-refractivity contribution >= 4 is 17.3 Å². The van der Waals surface area contributed by atoms with Crippen molar-refractivity contribution in [3.63, 3.8) is 0 Å². The molecule has 100 valence electrons. The molecule has 0 atom stereocenters. The zero-order chi connectivity index (χ0) is 14.0. The number of nitrogens with two attached hydrogens (primary N) is 1. The van der Waals surface area contributed by atoms with Crippen LogP contribution in [0.4, 0.5) is 15.8 Å². The van der Waals surface area contributed by atoms with Crippen LogP contribution in [0, 0.1) is 5.82 Å². The summed E-state index contributed by atoms with van der Waals surface area (Å²) in [5.74, 6) is -1.11. The van der Waals surface area contributed by atoms with Gasteiger partial charge >= 0.3 is 0 Å². The molecule has 0 saturated carbocycles. The maximum atomic E-state index is 13.4. The first-order valence-electron chi connectivity index (χ1n) is 5.76. The second-order valence-corrected chi connectivity index (χ2v) is 4.00. The molecule has 0 aromatic carbocycles. The lowest BCUT2D eigenvalue weighted by molar-refractivity contribution is 0.101. The van der Waals surface area contributed by atoms with E-state index < -0.39 is 11.7 Å². The second-order valence-electron chi connectivity index (χ2n) is 4.00. The first-order chi connectivity index (χ1) is 9.04. The van der Waals surface area contributed by atoms with Crippen LogP contribution in [0.5, 0.6) is 0 Å². The highest BCUT2D eigenvalue weighted by molar-refractivity contribution is 6.06. The van der Waals surface area contributed by atoms with Crippen molar-refractivity contribution in [2.24, 2.45) is 7.05 Å². The van der Waals surface area contributed by atoms with Gasteiger partial charge in [-0.15, -0.1) is 0 Å². The predicted molar refractivity (Wildman–Crippen MR) is 69.1 cm³/mol. The van der Waals surface area contributed by atoms with E-state index in [1.54, 1.807) is 7.05 Å². The lowest BCUT2D eigenvalue weighted by Gasteiger charge is -2.06. The highest BCUT2D eigenvalue weighted by Gasteiger charge is 2.19. The summed E-state index contributed by atoms with van der Waals surface area (Å²) in [5, 5.41) is 6.59.